The molecule has 1 fully saturated rings. The summed E-state index contributed by atoms with van der Waals surface area (Å²) < 4.78 is 0. The summed E-state index contributed by atoms with van der Waals surface area (Å²) in [5.74, 6) is 1.94. The molecule has 2 rings (SSSR count). The zero-order valence-corrected chi connectivity index (χ0v) is 12.3. The average Bonchev–Trinajstić information content (AvgIpc) is 2.39. The number of carbonyl (C=O) groups excluding carboxylic acids is 1. The minimum atomic E-state index is 0.244. The smallest absolute Gasteiger partial charge is 0.156 e. The number of aromatic nitrogens is 2. The molecule has 0 bridgehead atoms. The van der Waals surface area contributed by atoms with E-state index in [4.69, 9.17) is 11.6 Å². The largest absolute Gasteiger partial charge is 0.359 e. The fourth-order valence-electron chi connectivity index (χ4n) is 2.77. The Morgan fingerprint density at radius 3 is 2.63 bits per heavy atom. The zero-order valence-electron chi connectivity index (χ0n) is 11.5. The Hall–Kier alpha value is -1.16. The van der Waals surface area contributed by atoms with Gasteiger partial charge < -0.3 is 4.90 Å². The van der Waals surface area contributed by atoms with Gasteiger partial charge in [-0.3, -0.25) is 4.79 Å². The van der Waals surface area contributed by atoms with Crippen molar-refractivity contribution < 1.29 is 4.79 Å². The van der Waals surface area contributed by atoms with E-state index in [2.05, 4.69) is 9.97 Å². The maximum atomic E-state index is 11.2. The molecule has 104 valence electrons. The lowest BCUT2D eigenvalue weighted by Crippen LogP contribution is -2.28. The highest BCUT2D eigenvalue weighted by Gasteiger charge is 2.19. The van der Waals surface area contributed by atoms with Crippen molar-refractivity contribution in [2.45, 2.75) is 39.0 Å². The Morgan fingerprint density at radius 2 is 2.00 bits per heavy atom. The number of aryl methyl sites for hydroxylation is 1. The van der Waals surface area contributed by atoms with E-state index in [1.54, 1.807) is 6.92 Å². The molecule has 0 aromatic carbocycles. The van der Waals surface area contributed by atoms with Crippen LogP contribution in [-0.4, -0.2) is 29.8 Å². The van der Waals surface area contributed by atoms with E-state index in [1.807, 2.05) is 11.9 Å². The van der Waals surface area contributed by atoms with Crippen LogP contribution >= 0.6 is 11.6 Å². The lowest BCUT2D eigenvalue weighted by molar-refractivity contribution is 0.112. The Morgan fingerprint density at radius 1 is 1.32 bits per heavy atom. The topological polar surface area (TPSA) is 46.1 Å². The molecule has 4 nitrogen and oxygen atoms in total. The summed E-state index contributed by atoms with van der Waals surface area (Å²) in [6.45, 7) is 2.71. The van der Waals surface area contributed by atoms with E-state index in [9.17, 15) is 4.79 Å². The third-order valence-corrected chi connectivity index (χ3v) is 4.02. The van der Waals surface area contributed by atoms with Crippen LogP contribution < -0.4 is 4.90 Å². The molecule has 0 radical (unpaired) electrons. The SMILES string of the molecule is Cc1nc(Cl)c(C=O)c(N(C)CC2CCCCC2)n1. The van der Waals surface area contributed by atoms with E-state index in [0.717, 1.165) is 12.8 Å². The van der Waals surface area contributed by atoms with Gasteiger partial charge in [0.25, 0.3) is 0 Å². The molecule has 0 N–H and O–H groups in total. The van der Waals surface area contributed by atoms with Gasteiger partial charge in [-0.15, -0.1) is 0 Å². The van der Waals surface area contributed by atoms with Gasteiger partial charge in [0.1, 0.15) is 16.8 Å². The predicted molar refractivity (Wildman–Crippen MR) is 77.0 cm³/mol. The summed E-state index contributed by atoms with van der Waals surface area (Å²) >= 11 is 6.01. The second-order valence-corrected chi connectivity index (χ2v) is 5.66. The lowest BCUT2D eigenvalue weighted by Gasteiger charge is -2.28. The molecular weight excluding hydrogens is 262 g/mol. The van der Waals surface area contributed by atoms with Gasteiger partial charge in [0.15, 0.2) is 6.29 Å². The van der Waals surface area contributed by atoms with Crippen molar-refractivity contribution in [1.29, 1.82) is 0 Å². The highest BCUT2D eigenvalue weighted by atomic mass is 35.5. The first-order valence-electron chi connectivity index (χ1n) is 6.82. The number of hydrogen-bond donors (Lipinski definition) is 0. The third kappa shape index (κ3) is 3.44. The Balaban J connectivity index is 2.17. The fourth-order valence-corrected chi connectivity index (χ4v) is 3.02. The monoisotopic (exact) mass is 281 g/mol. The van der Waals surface area contributed by atoms with Gasteiger partial charge in [-0.1, -0.05) is 30.9 Å². The van der Waals surface area contributed by atoms with Crippen molar-refractivity contribution >= 4 is 23.7 Å². The molecular formula is C14H20ClN3O. The van der Waals surface area contributed by atoms with Crippen LogP contribution in [0.2, 0.25) is 5.15 Å². The van der Waals surface area contributed by atoms with E-state index >= 15 is 0 Å². The molecule has 1 heterocycles. The van der Waals surface area contributed by atoms with Gasteiger partial charge in [-0.2, -0.15) is 0 Å². The second kappa shape index (κ2) is 6.33. The molecule has 0 saturated heterocycles. The van der Waals surface area contributed by atoms with Crippen LogP contribution in [0.3, 0.4) is 0 Å². The highest BCUT2D eigenvalue weighted by Crippen LogP contribution is 2.27. The molecule has 5 heteroatoms. The van der Waals surface area contributed by atoms with Crippen molar-refractivity contribution in [3.63, 3.8) is 0 Å². The van der Waals surface area contributed by atoms with Crippen LogP contribution in [0.4, 0.5) is 5.82 Å². The van der Waals surface area contributed by atoms with E-state index in [1.165, 1.54) is 32.1 Å². The summed E-state index contributed by atoms with van der Waals surface area (Å²) in [6, 6.07) is 0. The minimum Gasteiger partial charge on any atom is -0.359 e. The molecule has 0 spiro atoms. The van der Waals surface area contributed by atoms with Crippen molar-refractivity contribution in [3.8, 4) is 0 Å². The Kier molecular flexibility index (Phi) is 4.75. The summed E-state index contributed by atoms with van der Waals surface area (Å²) in [4.78, 5) is 21.6. The van der Waals surface area contributed by atoms with E-state index < -0.39 is 0 Å². The minimum absolute atomic E-state index is 0.244. The molecule has 0 atom stereocenters. The molecule has 0 unspecified atom stereocenters. The van der Waals surface area contributed by atoms with Crippen LogP contribution in [0.1, 0.15) is 48.3 Å². The molecule has 1 aromatic rings. The standard InChI is InChI=1S/C14H20ClN3O/c1-10-16-13(15)12(9-19)14(17-10)18(2)8-11-6-4-3-5-7-11/h9,11H,3-8H2,1-2H3. The Bertz CT molecular complexity index is 458. The van der Waals surface area contributed by atoms with E-state index in [0.29, 0.717) is 23.1 Å². The first-order chi connectivity index (χ1) is 9.11. The van der Waals surface area contributed by atoms with Gasteiger partial charge in [0, 0.05) is 13.6 Å². The molecule has 0 amide bonds. The highest BCUT2D eigenvalue weighted by molar-refractivity contribution is 6.32. The molecule has 1 saturated carbocycles. The lowest BCUT2D eigenvalue weighted by atomic mass is 9.89. The molecule has 19 heavy (non-hydrogen) atoms. The summed E-state index contributed by atoms with van der Waals surface area (Å²) in [6.07, 6.45) is 7.23. The van der Waals surface area contributed by atoms with Gasteiger partial charge in [-0.25, -0.2) is 9.97 Å². The summed E-state index contributed by atoms with van der Waals surface area (Å²) in [5.41, 5.74) is 0.394. The maximum Gasteiger partial charge on any atom is 0.156 e. The average molecular weight is 282 g/mol. The van der Waals surface area contributed by atoms with E-state index in [-0.39, 0.29) is 5.15 Å². The van der Waals surface area contributed by atoms with Crippen LogP contribution in [0, 0.1) is 12.8 Å². The number of halogens is 1. The van der Waals surface area contributed by atoms with Crippen LogP contribution in [0.25, 0.3) is 0 Å². The van der Waals surface area contributed by atoms with Crippen molar-refractivity contribution in [2.24, 2.45) is 5.92 Å². The van der Waals surface area contributed by atoms with Gasteiger partial charge in [-0.05, 0) is 25.7 Å². The molecule has 1 aliphatic carbocycles. The van der Waals surface area contributed by atoms with Crippen LogP contribution in [0.15, 0.2) is 0 Å². The number of rotatable bonds is 4. The van der Waals surface area contributed by atoms with Crippen molar-refractivity contribution in [1.82, 2.24) is 9.97 Å². The summed E-state index contributed by atoms with van der Waals surface area (Å²) in [7, 11) is 1.97. The first kappa shape index (κ1) is 14.3. The van der Waals surface area contributed by atoms with Crippen LogP contribution in [0.5, 0.6) is 0 Å². The Labute approximate surface area is 119 Å². The number of aldehydes is 1. The third-order valence-electron chi connectivity index (χ3n) is 3.73. The number of hydrogen-bond acceptors (Lipinski definition) is 4. The van der Waals surface area contributed by atoms with Crippen LogP contribution in [-0.2, 0) is 0 Å². The summed E-state index contributed by atoms with van der Waals surface area (Å²) in [5, 5.41) is 0.244. The predicted octanol–water partition coefficient (Wildman–Crippen LogP) is 3.27. The molecule has 0 aliphatic heterocycles. The van der Waals surface area contributed by atoms with Gasteiger partial charge >= 0.3 is 0 Å². The van der Waals surface area contributed by atoms with Gasteiger partial charge in [0.05, 0.1) is 5.56 Å². The first-order valence-corrected chi connectivity index (χ1v) is 7.20. The molecule has 1 aromatic heterocycles. The second-order valence-electron chi connectivity index (χ2n) is 5.30. The maximum absolute atomic E-state index is 11.2. The quantitative estimate of drug-likeness (QED) is 0.628. The number of anilines is 1. The van der Waals surface area contributed by atoms with Crippen molar-refractivity contribution in [2.75, 3.05) is 18.5 Å². The van der Waals surface area contributed by atoms with Gasteiger partial charge in [0.2, 0.25) is 0 Å². The normalized spacial score (nSPS) is 16.4. The fraction of sp³-hybridized carbons (Fsp3) is 0.643. The number of carbonyl (C=O) groups is 1. The van der Waals surface area contributed by atoms with Crippen molar-refractivity contribution in [3.05, 3.63) is 16.5 Å². The zero-order chi connectivity index (χ0) is 13.8. The molecule has 1 aliphatic rings. The number of nitrogens with zero attached hydrogens (tertiary/aromatic N) is 3.